The molecule has 0 aliphatic rings. The molecule has 0 aromatic heterocycles. The van der Waals surface area contributed by atoms with E-state index in [1.807, 2.05) is 0 Å². The molecule has 1 radical (unpaired) electrons. The average molecular weight is 265 g/mol. The van der Waals surface area contributed by atoms with Gasteiger partial charge in [0.25, 0.3) is 0 Å². The largest absolute Gasteiger partial charge is 0.344 e. The quantitative estimate of drug-likeness (QED) is 0.646. The summed E-state index contributed by atoms with van der Waals surface area (Å²) in [7, 11) is 0. The molecule has 0 heterocycles. The van der Waals surface area contributed by atoms with Crippen molar-refractivity contribution in [2.75, 3.05) is 0 Å². The zero-order valence-electron chi connectivity index (χ0n) is 2.03. The van der Waals surface area contributed by atoms with Crippen molar-refractivity contribution in [3.05, 3.63) is 0 Å². The maximum atomic E-state index is 0. The maximum Gasteiger partial charge on any atom is 0 e. The first-order valence-electron chi connectivity index (χ1n) is 0. The predicted octanol–water partition coefficient (Wildman–Crippen LogP) is 0.791. The Kier molecular flexibility index (Phi) is 571. The van der Waals surface area contributed by atoms with E-state index in [2.05, 4.69) is 0 Å². The van der Waals surface area contributed by atoms with Gasteiger partial charge in [-0.2, -0.15) is 0 Å². The second-order valence-electron chi connectivity index (χ2n) is 0. The fourth-order valence-corrected chi connectivity index (χ4v) is 0. The van der Waals surface area contributed by atoms with E-state index in [9.17, 15) is 0 Å². The van der Waals surface area contributed by atoms with Gasteiger partial charge in [-0.3, -0.25) is 0 Å². The van der Waals surface area contributed by atoms with E-state index in [1.54, 1.807) is 0 Å². The van der Waals surface area contributed by atoms with Crippen LogP contribution in [0.25, 0.3) is 0 Å². The molecule has 0 atom stereocenters. The second kappa shape index (κ2) is 40.9. The third kappa shape index (κ3) is 25.7. The van der Waals surface area contributed by atoms with E-state index in [0.717, 1.165) is 0 Å². The fourth-order valence-electron chi connectivity index (χ4n) is 0. The summed E-state index contributed by atoms with van der Waals surface area (Å²) in [5, 5.41) is 0. The number of hydrogen-bond donors (Lipinski definition) is 1. The van der Waals surface area contributed by atoms with E-state index in [4.69, 9.17) is 0 Å². The summed E-state index contributed by atoms with van der Waals surface area (Å²) in [6.45, 7) is 0. The minimum atomic E-state index is 0. The van der Waals surface area contributed by atoms with Gasteiger partial charge in [0, 0.05) is 58.3 Å². The van der Waals surface area contributed by atoms with E-state index >= 15 is 0 Å². The van der Waals surface area contributed by atoms with Gasteiger partial charge in [0.05, 0.1) is 0 Å². The first-order valence-corrected chi connectivity index (χ1v) is 0. The zero-order chi connectivity index (χ0) is 0. The molecule has 5 heavy (non-hydrogen) atoms. The van der Waals surface area contributed by atoms with Gasteiger partial charge in [-0.15, -0.1) is 0 Å². The maximum absolute atomic E-state index is 0. The molecule has 0 aliphatic heterocycles. The van der Waals surface area contributed by atoms with Gasteiger partial charge in [-0.25, -0.2) is 0 Å². The van der Waals surface area contributed by atoms with Gasteiger partial charge in [0.1, 0.15) is 0 Å². The Labute approximate surface area is 71.4 Å². The van der Waals surface area contributed by atoms with Crippen LogP contribution in [0, 0.1) is 0 Å². The Morgan fingerprint density at radius 3 is 1.00 bits per heavy atom. The van der Waals surface area contributed by atoms with Crippen LogP contribution in [0.5, 0.6) is 0 Å². The third-order valence-corrected chi connectivity index (χ3v) is 0. The Morgan fingerprint density at radius 2 is 1.00 bits per heavy atom. The molecule has 4 heteroatoms. The summed E-state index contributed by atoms with van der Waals surface area (Å²) in [6.07, 6.45) is 0. The van der Waals surface area contributed by atoms with Crippen LogP contribution in [-0.4, -0.2) is 0 Å². The van der Waals surface area contributed by atoms with Crippen LogP contribution in [-0.2, 0) is 58.3 Å². The normalized spacial score (nSPS) is 0. The monoisotopic (exact) mass is 262 g/mol. The van der Waals surface area contributed by atoms with Crippen molar-refractivity contribution >= 4 is 0 Å². The van der Waals surface area contributed by atoms with Crippen molar-refractivity contribution in [1.29, 1.82) is 0 Å². The Balaban J connectivity index is 0. The van der Waals surface area contributed by atoms with Crippen LogP contribution in [0.4, 0.5) is 0 Å². The average Bonchev–Trinajstić information content (AvgIpc) is 0. The Hall–Kier alpha value is 1.82. The summed E-state index contributed by atoms with van der Waals surface area (Å²) < 4.78 is 0. The zero-order valence-corrected chi connectivity index (χ0v) is 7.47. The molecule has 0 aromatic rings. The van der Waals surface area contributed by atoms with Gasteiger partial charge in [0.2, 0.25) is 0 Å². The predicted molar refractivity (Wildman–Crippen MR) is 11.8 cm³/mol. The smallest absolute Gasteiger partial charge is 0 e. The molecule has 3 N–H and O–H groups in total. The molecule has 0 saturated heterocycles. The van der Waals surface area contributed by atoms with E-state index in [-0.39, 0.29) is 71.9 Å². The summed E-state index contributed by atoms with van der Waals surface area (Å²) in [6, 6.07) is 0. The SMILES string of the molecule is C.N.[Ag].[Ni].[Zn]. The van der Waals surface area contributed by atoms with Crippen molar-refractivity contribution in [2.45, 2.75) is 7.43 Å². The van der Waals surface area contributed by atoms with Crippen molar-refractivity contribution < 1.29 is 58.3 Å². The minimum Gasteiger partial charge on any atom is -0.344 e. The first-order chi connectivity index (χ1) is 0. The molecule has 0 rings (SSSR count). The molecule has 0 saturated carbocycles. The molecule has 0 unspecified atom stereocenters. The van der Waals surface area contributed by atoms with Gasteiger partial charge in [-0.1, -0.05) is 7.43 Å². The molecule has 0 spiro atoms. The van der Waals surface area contributed by atoms with Crippen molar-refractivity contribution in [2.24, 2.45) is 0 Å². The topological polar surface area (TPSA) is 35.0 Å². The van der Waals surface area contributed by atoms with Crippen LogP contribution in [0.1, 0.15) is 7.43 Å². The molecule has 0 aromatic carbocycles. The summed E-state index contributed by atoms with van der Waals surface area (Å²) in [5.41, 5.74) is 0. The van der Waals surface area contributed by atoms with Crippen LogP contribution in [0.2, 0.25) is 0 Å². The van der Waals surface area contributed by atoms with E-state index in [1.165, 1.54) is 0 Å². The van der Waals surface area contributed by atoms with Crippen LogP contribution >= 0.6 is 0 Å². The van der Waals surface area contributed by atoms with Gasteiger partial charge in [-0.05, 0) is 0 Å². The standard InChI is InChI=1S/CH4.Ag.H3N.Ni.Zn/h1H4;;1H3;;. The van der Waals surface area contributed by atoms with Gasteiger partial charge in [0.15, 0.2) is 0 Å². The van der Waals surface area contributed by atoms with Crippen LogP contribution in [0.15, 0.2) is 0 Å². The molecule has 39 valence electrons. The molecule has 1 nitrogen and oxygen atoms in total. The molecular weight excluding hydrogens is 258 g/mol. The molecule has 0 fully saturated rings. The first kappa shape index (κ1) is 69.9. The van der Waals surface area contributed by atoms with E-state index in [0.29, 0.717) is 0 Å². The van der Waals surface area contributed by atoms with Crippen molar-refractivity contribution in [3.63, 3.8) is 0 Å². The summed E-state index contributed by atoms with van der Waals surface area (Å²) in [5.74, 6) is 0. The Bertz CT molecular complexity index is 11.6. The fraction of sp³-hybridized carbons (Fsp3) is 1.00. The van der Waals surface area contributed by atoms with E-state index < -0.39 is 0 Å². The van der Waals surface area contributed by atoms with Gasteiger partial charge >= 0.3 is 0 Å². The second-order valence-corrected chi connectivity index (χ2v) is 0. The summed E-state index contributed by atoms with van der Waals surface area (Å²) in [4.78, 5) is 0. The third-order valence-electron chi connectivity index (χ3n) is 0. The Morgan fingerprint density at radius 1 is 1.00 bits per heavy atom. The molecular formula is CH7AgNNiZn. The molecule has 0 bridgehead atoms. The van der Waals surface area contributed by atoms with Crippen molar-refractivity contribution in [1.82, 2.24) is 6.15 Å². The van der Waals surface area contributed by atoms with Crippen molar-refractivity contribution in [3.8, 4) is 0 Å². The van der Waals surface area contributed by atoms with Crippen LogP contribution < -0.4 is 6.15 Å². The molecule has 0 aliphatic carbocycles. The molecule has 0 amide bonds. The number of hydrogen-bond acceptors (Lipinski definition) is 1. The van der Waals surface area contributed by atoms with Crippen LogP contribution in [0.3, 0.4) is 0 Å². The summed E-state index contributed by atoms with van der Waals surface area (Å²) >= 11 is 0. The minimum absolute atomic E-state index is 0. The number of rotatable bonds is 0. The van der Waals surface area contributed by atoms with Gasteiger partial charge < -0.3 is 6.15 Å².